The molecule has 3 rings (SSSR count). The van der Waals surface area contributed by atoms with Crippen LogP contribution in [0.2, 0.25) is 0 Å². The van der Waals surface area contributed by atoms with Crippen LogP contribution in [0.25, 0.3) is 0 Å². The zero-order chi connectivity index (χ0) is 25.7. The van der Waals surface area contributed by atoms with E-state index in [2.05, 4.69) is 39.8 Å². The highest BCUT2D eigenvalue weighted by Crippen LogP contribution is 2.41. The van der Waals surface area contributed by atoms with Crippen molar-refractivity contribution in [3.05, 3.63) is 35.4 Å². The molecule has 0 radical (unpaired) electrons. The summed E-state index contributed by atoms with van der Waals surface area (Å²) in [6, 6.07) is 8.27. The normalized spacial score (nSPS) is 18.8. The van der Waals surface area contributed by atoms with E-state index in [9.17, 15) is 4.79 Å². The first kappa shape index (κ1) is 29.6. The van der Waals surface area contributed by atoms with Gasteiger partial charge in [0.05, 0.1) is 12.4 Å². The van der Waals surface area contributed by atoms with Gasteiger partial charge >= 0.3 is 0 Å². The quantitative estimate of drug-likeness (QED) is 0.276. The topological polar surface area (TPSA) is 44.2 Å². The third-order valence-electron chi connectivity index (χ3n) is 8.55. The van der Waals surface area contributed by atoms with E-state index in [1.165, 1.54) is 89.0 Å². The predicted molar refractivity (Wildman–Crippen MR) is 151 cm³/mol. The maximum Gasteiger partial charge on any atom is 0.234 e. The molecule has 1 atom stereocenters. The molecule has 3 nitrogen and oxygen atoms in total. The Labute approximate surface area is 217 Å². The number of benzene rings is 1. The molecule has 1 N–H and O–H groups in total. The molecule has 2 saturated carbocycles. The Hall–Kier alpha value is -1.64. The van der Waals surface area contributed by atoms with Crippen molar-refractivity contribution in [2.45, 2.75) is 137 Å². The second-order valence-electron chi connectivity index (χ2n) is 11.7. The summed E-state index contributed by atoms with van der Waals surface area (Å²) in [4.78, 5) is 15.8. The molecule has 2 aliphatic rings. The second kappa shape index (κ2) is 15.5. The van der Waals surface area contributed by atoms with Crippen LogP contribution in [0.5, 0.6) is 0 Å². The van der Waals surface area contributed by atoms with Crippen LogP contribution in [0.1, 0.15) is 135 Å². The fourth-order valence-corrected chi connectivity index (χ4v) is 5.95. The molecule has 0 aromatic heterocycles. The van der Waals surface area contributed by atoms with Gasteiger partial charge in [0.1, 0.15) is 0 Å². The number of hydrogen-bond acceptors (Lipinski definition) is 2. The van der Waals surface area contributed by atoms with E-state index in [-0.39, 0.29) is 11.3 Å². The van der Waals surface area contributed by atoms with Crippen molar-refractivity contribution in [1.29, 1.82) is 5.41 Å². The third kappa shape index (κ3) is 9.73. The monoisotopic (exact) mass is 482 g/mol. The number of carbonyl (C=O) groups excluding carboxylic acids is 1. The number of nitrogens with zero attached hydrogens (tertiary/aromatic N) is 1. The minimum absolute atomic E-state index is 0.185. The molecular formula is C32H54N2O. The van der Waals surface area contributed by atoms with Crippen molar-refractivity contribution in [3.8, 4) is 0 Å². The van der Waals surface area contributed by atoms with E-state index in [1.54, 1.807) is 11.8 Å². The largest absolute Gasteiger partial charge is 0.296 e. The Morgan fingerprint density at radius 3 is 2.00 bits per heavy atom. The summed E-state index contributed by atoms with van der Waals surface area (Å²) >= 11 is 0. The standard InChI is InChI=1S/C28H44N2O.C4H10/c1-22-12-10-11-17-26(22)21-30(23(2)29)27(31)28(3,20-25-15-8-5-9-16-25)19-18-24-13-6-4-7-14-24;1-3-4-2/h10-12,17,24-25,29H,4-9,13-16,18-21H2,1-3H3;3-4H2,1-2H3. The van der Waals surface area contributed by atoms with Gasteiger partial charge in [0, 0.05) is 5.41 Å². The van der Waals surface area contributed by atoms with Gasteiger partial charge in [0.2, 0.25) is 5.91 Å². The summed E-state index contributed by atoms with van der Waals surface area (Å²) in [5.74, 6) is 2.02. The average molecular weight is 483 g/mol. The summed E-state index contributed by atoms with van der Waals surface area (Å²) < 4.78 is 0. The lowest BCUT2D eigenvalue weighted by Crippen LogP contribution is -2.45. The van der Waals surface area contributed by atoms with Gasteiger partial charge in [-0.3, -0.25) is 15.1 Å². The molecule has 1 amide bonds. The first-order valence-corrected chi connectivity index (χ1v) is 14.7. The van der Waals surface area contributed by atoms with Crippen LogP contribution >= 0.6 is 0 Å². The number of hydrogen-bond donors (Lipinski definition) is 1. The van der Waals surface area contributed by atoms with Crippen LogP contribution in [-0.4, -0.2) is 16.6 Å². The minimum atomic E-state index is -0.357. The van der Waals surface area contributed by atoms with Gasteiger partial charge < -0.3 is 0 Å². The molecule has 1 aromatic carbocycles. The summed E-state index contributed by atoms with van der Waals surface area (Å²) in [5.41, 5.74) is 1.98. The summed E-state index contributed by atoms with van der Waals surface area (Å²) in [7, 11) is 0. The molecule has 0 heterocycles. The minimum Gasteiger partial charge on any atom is -0.296 e. The molecule has 1 aromatic rings. The smallest absolute Gasteiger partial charge is 0.234 e. The lowest BCUT2D eigenvalue weighted by atomic mass is 9.70. The van der Waals surface area contributed by atoms with Gasteiger partial charge in [-0.2, -0.15) is 0 Å². The molecule has 0 aliphatic heterocycles. The SMILES string of the molecule is CC(=N)N(Cc1ccccc1C)C(=O)C(C)(CCC1CCCCC1)CC1CCCCC1.CCCC. The zero-order valence-corrected chi connectivity index (χ0v) is 23.6. The van der Waals surface area contributed by atoms with Gasteiger partial charge in [-0.15, -0.1) is 0 Å². The molecular weight excluding hydrogens is 428 g/mol. The van der Waals surface area contributed by atoms with Crippen molar-refractivity contribution in [3.63, 3.8) is 0 Å². The van der Waals surface area contributed by atoms with Crippen LogP contribution in [-0.2, 0) is 11.3 Å². The van der Waals surface area contributed by atoms with Crippen LogP contribution < -0.4 is 0 Å². The molecule has 0 bridgehead atoms. The van der Waals surface area contributed by atoms with E-state index >= 15 is 0 Å². The maximum atomic E-state index is 14.1. The van der Waals surface area contributed by atoms with Crippen molar-refractivity contribution in [1.82, 2.24) is 4.90 Å². The highest BCUT2D eigenvalue weighted by atomic mass is 16.2. The first-order chi connectivity index (χ1) is 16.8. The molecule has 3 heteroatoms. The Bertz CT molecular complexity index is 759. The Balaban J connectivity index is 0.00000100. The van der Waals surface area contributed by atoms with Crippen molar-refractivity contribution in [2.24, 2.45) is 17.3 Å². The molecule has 0 saturated heterocycles. The van der Waals surface area contributed by atoms with Gasteiger partial charge in [0.25, 0.3) is 0 Å². The van der Waals surface area contributed by atoms with E-state index in [0.717, 1.165) is 24.3 Å². The van der Waals surface area contributed by atoms with Gasteiger partial charge in [-0.05, 0) is 56.1 Å². The van der Waals surface area contributed by atoms with Crippen LogP contribution in [0.3, 0.4) is 0 Å². The fraction of sp³-hybridized carbons (Fsp3) is 0.750. The summed E-state index contributed by atoms with van der Waals surface area (Å²) in [6.45, 7) is 11.0. The van der Waals surface area contributed by atoms with Crippen LogP contribution in [0.4, 0.5) is 0 Å². The predicted octanol–water partition coefficient (Wildman–Crippen LogP) is 9.46. The van der Waals surface area contributed by atoms with Gasteiger partial charge in [0.15, 0.2) is 0 Å². The third-order valence-corrected chi connectivity index (χ3v) is 8.55. The highest BCUT2D eigenvalue weighted by molar-refractivity contribution is 5.98. The molecule has 2 fully saturated rings. The molecule has 35 heavy (non-hydrogen) atoms. The summed E-state index contributed by atoms with van der Waals surface area (Å²) in [5, 5.41) is 8.43. The number of unbranched alkanes of at least 4 members (excludes halogenated alkanes) is 1. The molecule has 1 unspecified atom stereocenters. The molecule has 2 aliphatic carbocycles. The summed E-state index contributed by atoms with van der Waals surface area (Å²) in [6.07, 6.45) is 19.1. The number of rotatable bonds is 9. The first-order valence-electron chi connectivity index (χ1n) is 14.7. The van der Waals surface area contributed by atoms with Crippen molar-refractivity contribution >= 4 is 11.7 Å². The van der Waals surface area contributed by atoms with Gasteiger partial charge in [-0.1, -0.05) is 122 Å². The number of amidine groups is 1. The van der Waals surface area contributed by atoms with E-state index in [4.69, 9.17) is 5.41 Å². The van der Waals surface area contributed by atoms with Crippen LogP contribution in [0, 0.1) is 29.6 Å². The number of nitrogens with one attached hydrogen (secondary N) is 1. The lowest BCUT2D eigenvalue weighted by molar-refractivity contribution is -0.139. The highest BCUT2D eigenvalue weighted by Gasteiger charge is 2.40. The van der Waals surface area contributed by atoms with E-state index in [0.29, 0.717) is 18.3 Å². The lowest BCUT2D eigenvalue weighted by Gasteiger charge is -2.39. The second-order valence-corrected chi connectivity index (χ2v) is 11.7. The number of carbonyl (C=O) groups is 1. The van der Waals surface area contributed by atoms with Crippen molar-refractivity contribution in [2.75, 3.05) is 0 Å². The fourth-order valence-electron chi connectivity index (χ4n) is 5.95. The molecule has 0 spiro atoms. The zero-order valence-electron chi connectivity index (χ0n) is 23.6. The Morgan fingerprint density at radius 1 is 0.943 bits per heavy atom. The molecule has 198 valence electrons. The number of amides is 1. The van der Waals surface area contributed by atoms with Crippen molar-refractivity contribution < 1.29 is 4.79 Å². The van der Waals surface area contributed by atoms with Crippen LogP contribution in [0.15, 0.2) is 24.3 Å². The van der Waals surface area contributed by atoms with Gasteiger partial charge in [-0.25, -0.2) is 0 Å². The maximum absolute atomic E-state index is 14.1. The Kier molecular flexibility index (Phi) is 13.1. The van der Waals surface area contributed by atoms with E-state index in [1.807, 2.05) is 12.1 Å². The average Bonchev–Trinajstić information content (AvgIpc) is 2.88. The van der Waals surface area contributed by atoms with E-state index < -0.39 is 0 Å². The Morgan fingerprint density at radius 2 is 1.49 bits per heavy atom. The number of aryl methyl sites for hydroxylation is 1.